The summed E-state index contributed by atoms with van der Waals surface area (Å²) in [5, 5.41) is 0. The molecule has 40 heavy (non-hydrogen) atoms. The largest absolute Gasteiger partial charge is 0.455 e. The number of rotatable bonds is 7. The highest BCUT2D eigenvalue weighted by molar-refractivity contribution is 9.15. The number of ether oxygens (including phenoxy) is 2. The molecule has 0 atom stereocenters. The SMILES string of the molecule is Brc1ccc(Oc2cc(CCc3cc(Oc4ccc(Br)c(Br)c4Br)c(Br)c(Br)c3Br)c(Br)c(Br)c2Br)c(Br)c1Br. The Bertz CT molecular complexity index is 1520. The predicted octanol–water partition coefficient (Wildman–Crippen LogP) is 16.2. The second-order valence-corrected chi connectivity index (χ2v) is 17.6. The van der Waals surface area contributed by atoms with Gasteiger partial charge in [-0.25, -0.2) is 0 Å². The number of hydrogen-bond acceptors (Lipinski definition) is 2. The van der Waals surface area contributed by atoms with Crippen molar-refractivity contribution in [2.24, 2.45) is 0 Å². The molecule has 2 nitrogen and oxygen atoms in total. The van der Waals surface area contributed by atoms with Crippen molar-refractivity contribution in [3.8, 4) is 23.0 Å². The van der Waals surface area contributed by atoms with Gasteiger partial charge in [0.05, 0.1) is 17.9 Å². The van der Waals surface area contributed by atoms with Crippen molar-refractivity contribution < 1.29 is 9.47 Å². The molecule has 0 aliphatic heterocycles. The Morgan fingerprint density at radius 2 is 0.675 bits per heavy atom. The lowest BCUT2D eigenvalue weighted by molar-refractivity contribution is 0.473. The average Bonchev–Trinajstić information content (AvgIpc) is 2.93. The highest BCUT2D eigenvalue weighted by atomic mass is 79.9. The van der Waals surface area contributed by atoms with E-state index in [4.69, 9.17) is 9.47 Å². The second kappa shape index (κ2) is 15.2. The molecule has 14 heteroatoms. The molecule has 4 rings (SSSR count). The van der Waals surface area contributed by atoms with Gasteiger partial charge in [-0.05, 0) is 252 Å². The van der Waals surface area contributed by atoms with Crippen molar-refractivity contribution in [3.05, 3.63) is 101 Å². The zero-order valence-electron chi connectivity index (χ0n) is 19.2. The van der Waals surface area contributed by atoms with Crippen molar-refractivity contribution in [1.29, 1.82) is 0 Å². The van der Waals surface area contributed by atoms with Crippen LogP contribution >= 0.6 is 191 Å². The van der Waals surface area contributed by atoms with Crippen molar-refractivity contribution in [3.63, 3.8) is 0 Å². The van der Waals surface area contributed by atoms with Crippen LogP contribution in [0.15, 0.2) is 90.1 Å². The van der Waals surface area contributed by atoms with Crippen LogP contribution in [-0.2, 0) is 12.8 Å². The molecule has 0 bridgehead atoms. The minimum atomic E-state index is 0.683. The molecule has 0 aliphatic carbocycles. The minimum Gasteiger partial charge on any atom is -0.455 e. The standard InChI is InChI=1S/C26H10Br12O2/c27-11-3-5-13(21(33)19(11)31)39-15-7-9(17(29)25(37)23(15)35)1-2-10-8-16(24(36)26(38)18(10)30)40-14-6-4-12(28)20(32)22(14)34/h3-8H,1-2H2. The molecule has 0 saturated heterocycles. The van der Waals surface area contributed by atoms with E-state index in [2.05, 4.69) is 191 Å². The molecular formula is C26H10Br12O2. The predicted molar refractivity (Wildman–Crippen MR) is 206 cm³/mol. The molecule has 0 heterocycles. The molecule has 0 aliphatic rings. The van der Waals surface area contributed by atoms with Crippen molar-refractivity contribution in [1.82, 2.24) is 0 Å². The second-order valence-electron chi connectivity index (χ2n) is 8.00. The Hall–Kier alpha value is 2.24. The summed E-state index contributed by atoms with van der Waals surface area (Å²) in [7, 11) is 0. The minimum absolute atomic E-state index is 0.683. The van der Waals surface area contributed by atoms with Gasteiger partial charge >= 0.3 is 0 Å². The van der Waals surface area contributed by atoms with E-state index in [0.29, 0.717) is 23.0 Å². The van der Waals surface area contributed by atoms with Gasteiger partial charge in [0.15, 0.2) is 0 Å². The number of benzene rings is 4. The number of hydrogen-bond donors (Lipinski definition) is 0. The monoisotopic (exact) mass is 1300 g/mol. The summed E-state index contributed by atoms with van der Waals surface area (Å²) in [5.41, 5.74) is 2.15. The van der Waals surface area contributed by atoms with Crippen molar-refractivity contribution in [2.45, 2.75) is 12.8 Å². The summed E-state index contributed by atoms with van der Waals surface area (Å²) >= 11 is 43.7. The highest BCUT2D eigenvalue weighted by Crippen LogP contribution is 2.47. The van der Waals surface area contributed by atoms with Crippen LogP contribution in [0.5, 0.6) is 23.0 Å². The molecule has 0 radical (unpaired) electrons. The number of halogens is 12. The third-order valence-corrected chi connectivity index (χ3v) is 19.3. The molecule has 0 amide bonds. The van der Waals surface area contributed by atoms with E-state index in [9.17, 15) is 0 Å². The quantitative estimate of drug-likeness (QED) is 0.172. The van der Waals surface area contributed by atoms with Crippen LogP contribution in [0, 0.1) is 0 Å². The summed E-state index contributed by atoms with van der Waals surface area (Å²) in [4.78, 5) is 0. The first kappa shape index (κ1) is 35.1. The van der Waals surface area contributed by atoms with Crippen LogP contribution in [0.4, 0.5) is 0 Å². The zero-order chi connectivity index (χ0) is 29.5. The van der Waals surface area contributed by atoms with Crippen LogP contribution < -0.4 is 9.47 Å². The van der Waals surface area contributed by atoms with Gasteiger partial charge in [-0.15, -0.1) is 0 Å². The van der Waals surface area contributed by atoms with Crippen LogP contribution in [0.3, 0.4) is 0 Å². The zero-order valence-corrected chi connectivity index (χ0v) is 38.3. The van der Waals surface area contributed by atoms with E-state index in [0.717, 1.165) is 77.6 Å². The molecule has 0 N–H and O–H groups in total. The Kier molecular flexibility index (Phi) is 13.4. The van der Waals surface area contributed by atoms with Gasteiger partial charge in [0, 0.05) is 35.8 Å². The maximum Gasteiger partial charge on any atom is 0.143 e. The Labute approximate surface area is 332 Å². The summed E-state index contributed by atoms with van der Waals surface area (Å²) in [6, 6.07) is 11.7. The third-order valence-electron chi connectivity index (χ3n) is 5.48. The molecule has 4 aromatic rings. The van der Waals surface area contributed by atoms with Gasteiger partial charge in [0.1, 0.15) is 23.0 Å². The lowest BCUT2D eigenvalue weighted by Crippen LogP contribution is -1.99. The molecule has 0 unspecified atom stereocenters. The molecule has 0 spiro atoms. The van der Waals surface area contributed by atoms with E-state index in [-0.39, 0.29) is 0 Å². The van der Waals surface area contributed by atoms with Gasteiger partial charge in [0.25, 0.3) is 0 Å². The smallest absolute Gasteiger partial charge is 0.143 e. The first-order chi connectivity index (χ1) is 18.8. The summed E-state index contributed by atoms with van der Waals surface area (Å²) in [6.45, 7) is 0. The Balaban J connectivity index is 1.65. The molecule has 4 aromatic carbocycles. The van der Waals surface area contributed by atoms with Gasteiger partial charge in [-0.3, -0.25) is 0 Å². The average molecular weight is 1310 g/mol. The fraction of sp³-hybridized carbons (Fsp3) is 0.0769. The van der Waals surface area contributed by atoms with Crippen LogP contribution in [0.2, 0.25) is 0 Å². The topological polar surface area (TPSA) is 18.5 Å². The molecule has 0 fully saturated rings. The molecule has 210 valence electrons. The maximum atomic E-state index is 6.33. The van der Waals surface area contributed by atoms with E-state index in [1.807, 2.05) is 36.4 Å². The van der Waals surface area contributed by atoms with Crippen LogP contribution in [0.25, 0.3) is 0 Å². The van der Waals surface area contributed by atoms with Gasteiger partial charge in [-0.2, -0.15) is 0 Å². The van der Waals surface area contributed by atoms with E-state index in [1.165, 1.54) is 0 Å². The van der Waals surface area contributed by atoms with Crippen LogP contribution in [0.1, 0.15) is 11.1 Å². The first-order valence-electron chi connectivity index (χ1n) is 10.8. The van der Waals surface area contributed by atoms with Crippen molar-refractivity contribution in [2.75, 3.05) is 0 Å². The first-order valence-corrected chi connectivity index (χ1v) is 20.3. The van der Waals surface area contributed by atoms with Crippen LogP contribution in [-0.4, -0.2) is 0 Å². The molecule has 0 aromatic heterocycles. The van der Waals surface area contributed by atoms with E-state index >= 15 is 0 Å². The van der Waals surface area contributed by atoms with E-state index < -0.39 is 0 Å². The highest BCUT2D eigenvalue weighted by Gasteiger charge is 2.20. The fourth-order valence-electron chi connectivity index (χ4n) is 3.45. The lowest BCUT2D eigenvalue weighted by atomic mass is 10.0. The molecule has 0 saturated carbocycles. The number of aryl methyl sites for hydroxylation is 2. The Morgan fingerprint density at radius 3 is 1.02 bits per heavy atom. The Morgan fingerprint density at radius 1 is 0.350 bits per heavy atom. The summed E-state index contributed by atoms with van der Waals surface area (Å²) in [5.74, 6) is 2.74. The normalized spacial score (nSPS) is 11.2. The molecular weight excluding hydrogens is 1300 g/mol. The lowest BCUT2D eigenvalue weighted by Gasteiger charge is -2.17. The summed E-state index contributed by atoms with van der Waals surface area (Å²) < 4.78 is 23.2. The van der Waals surface area contributed by atoms with Gasteiger partial charge < -0.3 is 9.47 Å². The summed E-state index contributed by atoms with van der Waals surface area (Å²) in [6.07, 6.45) is 1.46. The van der Waals surface area contributed by atoms with Crippen molar-refractivity contribution >= 4 is 191 Å². The van der Waals surface area contributed by atoms with E-state index in [1.54, 1.807) is 0 Å². The van der Waals surface area contributed by atoms with Gasteiger partial charge in [-0.1, -0.05) is 0 Å². The maximum absolute atomic E-state index is 6.33. The third kappa shape index (κ3) is 7.78. The van der Waals surface area contributed by atoms with Gasteiger partial charge in [0.2, 0.25) is 0 Å². The fourth-order valence-corrected chi connectivity index (χ4v) is 9.40.